The predicted molar refractivity (Wildman–Crippen MR) is 258 cm³/mol. The van der Waals surface area contributed by atoms with Crippen LogP contribution in [0.5, 0.6) is 0 Å². The van der Waals surface area contributed by atoms with E-state index in [0.717, 1.165) is 94.3 Å². The highest BCUT2D eigenvalue weighted by atomic mass is 16.3. The van der Waals surface area contributed by atoms with Gasteiger partial charge in [0, 0.05) is 54.7 Å². The first-order chi connectivity index (χ1) is 31.2. The van der Waals surface area contributed by atoms with Gasteiger partial charge in [-0.05, 0) is 101 Å². The Kier molecular flexibility index (Phi) is 7.84. The molecule has 0 aliphatic heterocycles. The molecule has 0 spiro atoms. The Hall–Kier alpha value is -8.54. The molecule has 0 bridgehead atoms. The zero-order valence-electron chi connectivity index (χ0n) is 33.9. The number of aromatic nitrogens is 3. The lowest BCUT2D eigenvalue weighted by molar-refractivity contribution is 0.668. The van der Waals surface area contributed by atoms with Gasteiger partial charge in [-0.3, -0.25) is 0 Å². The van der Waals surface area contributed by atoms with Crippen molar-refractivity contribution in [2.75, 3.05) is 0 Å². The molecule has 0 fully saturated rings. The number of para-hydroxylation sites is 3. The molecule has 5 nitrogen and oxygen atoms in total. The standard InChI is InChI=1S/C58H35N3O2/c1-3-13-36(14-4-1)49-35-50(60-58(59-49)41-25-28-45-44-20-8-10-23-53(44)63-56(45)34-41)46-21-12-24-55-57(46)48-33-40(27-30-54(48)62-55)38-16-11-15-37(31-38)39-26-29-52-47(32-39)43-19-7-9-22-51(43)61(52)42-17-5-2-6-18-42/h1-35H. The molecule has 0 amide bonds. The van der Waals surface area contributed by atoms with Crippen LogP contribution in [0, 0.1) is 0 Å². The topological polar surface area (TPSA) is 57.0 Å². The maximum atomic E-state index is 6.56. The second kappa shape index (κ2) is 14.0. The predicted octanol–water partition coefficient (Wildman–Crippen LogP) is 15.7. The Morgan fingerprint density at radius 3 is 1.76 bits per heavy atom. The summed E-state index contributed by atoms with van der Waals surface area (Å²) in [5, 5.41) is 6.67. The number of hydrogen-bond donors (Lipinski definition) is 0. The minimum Gasteiger partial charge on any atom is -0.456 e. The third-order valence-corrected chi connectivity index (χ3v) is 12.4. The summed E-state index contributed by atoms with van der Waals surface area (Å²) in [6.07, 6.45) is 0. The zero-order valence-corrected chi connectivity index (χ0v) is 33.9. The molecule has 294 valence electrons. The van der Waals surface area contributed by atoms with Gasteiger partial charge in [-0.1, -0.05) is 133 Å². The van der Waals surface area contributed by atoms with E-state index >= 15 is 0 Å². The lowest BCUT2D eigenvalue weighted by Gasteiger charge is -2.11. The van der Waals surface area contributed by atoms with Gasteiger partial charge in [0.1, 0.15) is 22.3 Å². The van der Waals surface area contributed by atoms with Gasteiger partial charge in [-0.25, -0.2) is 9.97 Å². The molecule has 0 N–H and O–H groups in total. The van der Waals surface area contributed by atoms with E-state index < -0.39 is 0 Å². The smallest absolute Gasteiger partial charge is 0.160 e. The molecule has 0 saturated heterocycles. The summed E-state index contributed by atoms with van der Waals surface area (Å²) in [6.45, 7) is 0. The fraction of sp³-hybridized carbons (Fsp3) is 0. The van der Waals surface area contributed by atoms with Gasteiger partial charge in [0.15, 0.2) is 5.82 Å². The molecular weight excluding hydrogens is 771 g/mol. The summed E-state index contributed by atoms with van der Waals surface area (Å²) in [5.74, 6) is 0.624. The summed E-state index contributed by atoms with van der Waals surface area (Å²) >= 11 is 0. The molecule has 0 aliphatic carbocycles. The molecule has 0 unspecified atom stereocenters. The third kappa shape index (κ3) is 5.78. The van der Waals surface area contributed by atoms with E-state index in [9.17, 15) is 0 Å². The maximum Gasteiger partial charge on any atom is 0.160 e. The maximum absolute atomic E-state index is 6.56. The first kappa shape index (κ1) is 35.2. The number of fused-ring (bicyclic) bond motifs is 9. The van der Waals surface area contributed by atoms with Crippen molar-refractivity contribution in [1.29, 1.82) is 0 Å². The highest BCUT2D eigenvalue weighted by molar-refractivity contribution is 6.14. The summed E-state index contributed by atoms with van der Waals surface area (Å²) in [4.78, 5) is 10.4. The van der Waals surface area contributed by atoms with Crippen LogP contribution in [0.25, 0.3) is 128 Å². The molecule has 4 heterocycles. The van der Waals surface area contributed by atoms with E-state index in [0.29, 0.717) is 5.82 Å². The fourth-order valence-electron chi connectivity index (χ4n) is 9.44. The van der Waals surface area contributed by atoms with E-state index in [4.69, 9.17) is 18.8 Å². The normalized spacial score (nSPS) is 11.8. The van der Waals surface area contributed by atoms with E-state index in [1.165, 1.54) is 27.4 Å². The van der Waals surface area contributed by atoms with Crippen molar-refractivity contribution in [1.82, 2.24) is 14.5 Å². The molecule has 4 aromatic heterocycles. The summed E-state index contributed by atoms with van der Waals surface area (Å²) in [6, 6.07) is 74.5. The van der Waals surface area contributed by atoms with E-state index in [-0.39, 0.29) is 0 Å². The largest absolute Gasteiger partial charge is 0.456 e. The highest BCUT2D eigenvalue weighted by Crippen LogP contribution is 2.41. The Balaban J connectivity index is 0.933. The lowest BCUT2D eigenvalue weighted by Crippen LogP contribution is -1.96. The second-order valence-corrected chi connectivity index (χ2v) is 16.1. The van der Waals surface area contributed by atoms with Crippen LogP contribution >= 0.6 is 0 Å². The van der Waals surface area contributed by atoms with Gasteiger partial charge in [-0.15, -0.1) is 0 Å². The van der Waals surface area contributed by atoms with Crippen molar-refractivity contribution in [3.63, 3.8) is 0 Å². The zero-order chi connectivity index (χ0) is 41.4. The van der Waals surface area contributed by atoms with Crippen LogP contribution < -0.4 is 0 Å². The van der Waals surface area contributed by atoms with Gasteiger partial charge in [0.2, 0.25) is 0 Å². The number of furan rings is 2. The SMILES string of the molecule is c1ccc(-c2cc(-c3cccc4oc5ccc(-c6cccc(-c7ccc8c(c7)c7ccccc7n8-c7ccccc7)c6)cc5c34)nc(-c3ccc4c(c3)oc3ccccc34)n2)cc1. The molecule has 13 rings (SSSR count). The van der Waals surface area contributed by atoms with Crippen LogP contribution in [-0.4, -0.2) is 14.5 Å². The van der Waals surface area contributed by atoms with Gasteiger partial charge in [-0.2, -0.15) is 0 Å². The fourth-order valence-corrected chi connectivity index (χ4v) is 9.44. The van der Waals surface area contributed by atoms with Crippen molar-refractivity contribution in [2.24, 2.45) is 0 Å². The second-order valence-electron chi connectivity index (χ2n) is 16.1. The van der Waals surface area contributed by atoms with Crippen LogP contribution in [0.1, 0.15) is 0 Å². The Labute approximate surface area is 361 Å². The third-order valence-electron chi connectivity index (χ3n) is 12.4. The number of nitrogens with zero attached hydrogens (tertiary/aromatic N) is 3. The first-order valence-electron chi connectivity index (χ1n) is 21.2. The van der Waals surface area contributed by atoms with Crippen LogP contribution in [0.15, 0.2) is 221 Å². The molecule has 0 atom stereocenters. The van der Waals surface area contributed by atoms with Crippen molar-refractivity contribution in [3.05, 3.63) is 212 Å². The van der Waals surface area contributed by atoms with Crippen molar-refractivity contribution < 1.29 is 8.83 Å². The van der Waals surface area contributed by atoms with Crippen LogP contribution in [-0.2, 0) is 0 Å². The molecule has 0 saturated carbocycles. The lowest BCUT2D eigenvalue weighted by atomic mass is 9.96. The molecule has 5 heteroatoms. The minimum atomic E-state index is 0.624. The number of rotatable bonds is 6. The van der Waals surface area contributed by atoms with Gasteiger partial charge >= 0.3 is 0 Å². The Morgan fingerprint density at radius 2 is 0.905 bits per heavy atom. The van der Waals surface area contributed by atoms with Crippen LogP contribution in [0.2, 0.25) is 0 Å². The van der Waals surface area contributed by atoms with Crippen LogP contribution in [0.3, 0.4) is 0 Å². The molecule has 0 aliphatic rings. The quantitative estimate of drug-likeness (QED) is 0.168. The molecule has 9 aromatic carbocycles. The van der Waals surface area contributed by atoms with Crippen LogP contribution in [0.4, 0.5) is 0 Å². The molecular formula is C58H35N3O2. The van der Waals surface area contributed by atoms with Gasteiger partial charge < -0.3 is 13.4 Å². The summed E-state index contributed by atoms with van der Waals surface area (Å²) in [7, 11) is 0. The van der Waals surface area contributed by atoms with Crippen molar-refractivity contribution >= 4 is 65.7 Å². The van der Waals surface area contributed by atoms with Gasteiger partial charge in [0.25, 0.3) is 0 Å². The minimum absolute atomic E-state index is 0.624. The monoisotopic (exact) mass is 805 g/mol. The molecule has 13 aromatic rings. The van der Waals surface area contributed by atoms with Crippen molar-refractivity contribution in [3.8, 4) is 61.8 Å². The summed E-state index contributed by atoms with van der Waals surface area (Å²) in [5.41, 5.74) is 15.9. The highest BCUT2D eigenvalue weighted by Gasteiger charge is 2.19. The first-order valence-corrected chi connectivity index (χ1v) is 21.2. The van der Waals surface area contributed by atoms with Crippen molar-refractivity contribution in [2.45, 2.75) is 0 Å². The number of benzene rings is 9. The Bertz CT molecular complexity index is 3910. The number of hydrogen-bond acceptors (Lipinski definition) is 4. The average Bonchev–Trinajstić information content (AvgIpc) is 4.03. The summed E-state index contributed by atoms with van der Waals surface area (Å²) < 4.78 is 15.2. The van der Waals surface area contributed by atoms with E-state index in [1.54, 1.807) is 0 Å². The van der Waals surface area contributed by atoms with E-state index in [2.05, 4.69) is 168 Å². The Morgan fingerprint density at radius 1 is 0.317 bits per heavy atom. The van der Waals surface area contributed by atoms with Gasteiger partial charge in [0.05, 0.1) is 22.4 Å². The molecule has 0 radical (unpaired) electrons. The molecule has 63 heavy (non-hydrogen) atoms. The average molecular weight is 806 g/mol. The van der Waals surface area contributed by atoms with E-state index in [1.807, 2.05) is 48.5 Å².